The molecular formula is C81H93F4N31O12. The van der Waals surface area contributed by atoms with Crippen LogP contribution in [0, 0.1) is 66.5 Å². The number of hydrogen-bond acceptors (Lipinski definition) is 23. The molecule has 12 heterocycles. The fraction of sp³-hybridized carbons (Fsp3) is 0.444. The Balaban J connectivity index is 0.616. The van der Waals surface area contributed by atoms with Crippen LogP contribution in [0.4, 0.5) is 40.7 Å². The van der Waals surface area contributed by atoms with Crippen molar-refractivity contribution in [1.82, 2.24) is 93.7 Å². The van der Waals surface area contributed by atoms with Crippen molar-refractivity contribution in [2.24, 2.45) is 0 Å². The summed E-state index contributed by atoms with van der Waals surface area (Å²) in [6.45, 7) is 1.12. The van der Waals surface area contributed by atoms with Gasteiger partial charge in [-0.2, -0.15) is 0 Å². The lowest BCUT2D eigenvalue weighted by molar-refractivity contribution is 0.0684. The van der Waals surface area contributed by atoms with Crippen LogP contribution in [0.1, 0.15) is 117 Å². The van der Waals surface area contributed by atoms with Gasteiger partial charge in [0.15, 0.2) is 82.6 Å². The number of hydrogen-bond donors (Lipinski definition) is 16. The predicted molar refractivity (Wildman–Crippen MR) is 463 cm³/mol. The minimum atomic E-state index is -1.46. The van der Waals surface area contributed by atoms with Gasteiger partial charge in [0.2, 0.25) is 21.7 Å². The first kappa shape index (κ1) is 85.4. The number of nitrogens with one attached hydrogen (secondary N) is 12. The van der Waals surface area contributed by atoms with Crippen molar-refractivity contribution in [3.8, 4) is 0 Å². The van der Waals surface area contributed by atoms with Crippen molar-refractivity contribution < 1.29 is 57.2 Å². The van der Waals surface area contributed by atoms with Crippen LogP contribution >= 0.6 is 0 Å². The van der Waals surface area contributed by atoms with E-state index < -0.39 is 91.1 Å². The van der Waals surface area contributed by atoms with Crippen molar-refractivity contribution >= 4 is 139 Å². The molecule has 0 unspecified atom stereocenters. The number of carboxylic acids is 4. The number of nitrogens with zero attached hydrogens (tertiary/aromatic N) is 19. The molecule has 0 spiro atoms. The number of benzene rings is 1. The minimum absolute atomic E-state index is 0.0706. The highest BCUT2D eigenvalue weighted by Gasteiger charge is 2.38. The smallest absolute Gasteiger partial charge is 0.341 e. The highest BCUT2D eigenvalue weighted by molar-refractivity contribution is 6.01. The molecule has 7 aromatic heterocycles. The summed E-state index contributed by atoms with van der Waals surface area (Å²) in [7, 11) is 0. The molecule has 9 fully saturated rings. The van der Waals surface area contributed by atoms with Crippen LogP contribution in [0.15, 0.2) is 74.3 Å². The molecule has 8 aromatic rings. The van der Waals surface area contributed by atoms with E-state index in [1.807, 2.05) is 0 Å². The van der Waals surface area contributed by atoms with Gasteiger partial charge in [-0.25, -0.2) is 51.7 Å². The number of halogens is 4. The second-order valence-corrected chi connectivity index (χ2v) is 33.2. The Bertz CT molecular complexity index is 5530. The van der Waals surface area contributed by atoms with Crippen molar-refractivity contribution in [2.45, 2.75) is 75.5 Å². The zero-order valence-corrected chi connectivity index (χ0v) is 69.2. The summed E-state index contributed by atoms with van der Waals surface area (Å²) in [6.07, 6.45) is 10.7. The Morgan fingerprint density at radius 3 is 0.727 bits per heavy atom. The van der Waals surface area contributed by atoms with Gasteiger partial charge in [0.1, 0.15) is 45.0 Å². The van der Waals surface area contributed by atoms with E-state index in [2.05, 4.69) is 36.2 Å². The molecule has 128 heavy (non-hydrogen) atoms. The summed E-state index contributed by atoms with van der Waals surface area (Å²) in [5.41, 5.74) is -4.49. The largest absolute Gasteiger partial charge is 0.477 e. The van der Waals surface area contributed by atoms with Gasteiger partial charge in [-0.1, -0.05) is 0 Å². The number of rotatable bonds is 12. The summed E-state index contributed by atoms with van der Waals surface area (Å²) in [4.78, 5) is 135. The number of guanidine groups is 8. The SMILES string of the molecule is N=C(NC(=N)N1CCN(c2cc3c(cc2F)c(=O)c(C(=O)O)cn3C2CC2)CC1)N1CCN(C(=N)NC(=N)N2CCN(c3nc4c(cc3F)c(=O)c(C(=O)O)cn4C3CC3)CC2)CCN(C(=N)NC(=N)N2CCN(c3nc4c(cc3F)c(=O)c(C(=O)O)cn4C3CC3)CC2)CCN(C(=N)NC(=N)N2CCN(c3nc4c(cc3F)c(=O)c(C(=O)O)cn4C3CC3)CC2)CC1. The van der Waals surface area contributed by atoms with Crippen LogP contribution in [-0.2, 0) is 0 Å². The molecule has 0 bridgehead atoms. The normalized spacial score (nSPS) is 18.1. The lowest BCUT2D eigenvalue weighted by Gasteiger charge is -2.40. The fourth-order valence-corrected chi connectivity index (χ4v) is 17.1. The highest BCUT2D eigenvalue weighted by Crippen LogP contribution is 2.42. The maximum absolute atomic E-state index is 16.2. The van der Waals surface area contributed by atoms with E-state index in [1.165, 1.54) is 24.8 Å². The molecule has 5 aliphatic heterocycles. The van der Waals surface area contributed by atoms with Gasteiger partial charge < -0.3 is 97.5 Å². The Kier molecular flexibility index (Phi) is 22.9. The Hall–Kier alpha value is -14.7. The Morgan fingerprint density at radius 2 is 0.492 bits per heavy atom. The van der Waals surface area contributed by atoms with Crippen molar-refractivity contribution in [3.63, 3.8) is 0 Å². The maximum Gasteiger partial charge on any atom is 0.341 e. The third-order valence-electron chi connectivity index (χ3n) is 25.0. The third-order valence-corrected chi connectivity index (χ3v) is 25.0. The van der Waals surface area contributed by atoms with Gasteiger partial charge in [0.25, 0.3) is 0 Å². The molecule has 17 rings (SSSR count). The van der Waals surface area contributed by atoms with Crippen molar-refractivity contribution in [2.75, 3.05) is 177 Å². The molecule has 9 aliphatic rings. The lowest BCUT2D eigenvalue weighted by atomic mass is 10.1. The summed E-state index contributed by atoms with van der Waals surface area (Å²) < 4.78 is 71.3. The topological polar surface area (TPSA) is 554 Å². The zero-order chi connectivity index (χ0) is 90.3. The van der Waals surface area contributed by atoms with Gasteiger partial charge in [0, 0.05) is 211 Å². The monoisotopic (exact) mass is 1770 g/mol. The van der Waals surface area contributed by atoms with E-state index in [9.17, 15) is 102 Å². The van der Waals surface area contributed by atoms with Gasteiger partial charge in [0.05, 0.1) is 27.4 Å². The second-order valence-electron chi connectivity index (χ2n) is 33.2. The van der Waals surface area contributed by atoms with Crippen molar-refractivity contribution in [3.05, 3.63) is 142 Å². The average molecular weight is 1770 g/mol. The van der Waals surface area contributed by atoms with Gasteiger partial charge in [-0.3, -0.25) is 83.7 Å². The van der Waals surface area contributed by atoms with E-state index in [0.29, 0.717) is 44.0 Å². The Labute approximate surface area is 723 Å². The first-order valence-corrected chi connectivity index (χ1v) is 42.2. The molecule has 43 nitrogen and oxygen atoms in total. The number of aromatic nitrogens is 7. The van der Waals surface area contributed by atoms with E-state index >= 15 is 17.6 Å². The van der Waals surface area contributed by atoms with Crippen LogP contribution in [0.3, 0.4) is 0 Å². The quantitative estimate of drug-likeness (QED) is 0.0474. The molecule has 47 heteroatoms. The molecule has 672 valence electrons. The zero-order valence-electron chi connectivity index (χ0n) is 69.2. The summed E-state index contributed by atoms with van der Waals surface area (Å²) in [6, 6.07) is 5.11. The molecule has 5 saturated heterocycles. The average Bonchev–Trinajstić information content (AvgIpc) is 1.65. The summed E-state index contributed by atoms with van der Waals surface area (Å²) in [5, 5.41) is 127. The number of aromatic carboxylic acids is 4. The fourth-order valence-electron chi connectivity index (χ4n) is 17.1. The number of anilines is 4. The van der Waals surface area contributed by atoms with Crippen LogP contribution < -0.4 is 62.6 Å². The molecule has 1 aromatic carbocycles. The summed E-state index contributed by atoms with van der Waals surface area (Å²) in [5.74, 6) is -11.5. The third kappa shape index (κ3) is 17.1. The first-order chi connectivity index (χ1) is 61.3. The number of carboxylic acid groups (broad SMARTS) is 4. The van der Waals surface area contributed by atoms with Crippen LogP contribution in [-0.4, -0.2) is 321 Å². The first-order valence-electron chi connectivity index (χ1n) is 42.2. The molecule has 16 N–H and O–H groups in total. The second kappa shape index (κ2) is 34.3. The van der Waals surface area contributed by atoms with E-state index in [0.717, 1.165) is 37.1 Å². The number of piperazine rings is 4. The summed E-state index contributed by atoms with van der Waals surface area (Å²) >= 11 is 0. The number of pyridine rings is 7. The molecule has 4 aliphatic carbocycles. The predicted octanol–water partition coefficient (Wildman–Crippen LogP) is 2.47. The number of carbonyl (C=O) groups is 4. The van der Waals surface area contributed by atoms with Gasteiger partial charge in [-0.05, 0) is 81.7 Å². The van der Waals surface area contributed by atoms with E-state index in [4.69, 9.17) is 0 Å². The molecule has 0 radical (unpaired) electrons. The van der Waals surface area contributed by atoms with E-state index in [-0.39, 0.29) is 291 Å². The van der Waals surface area contributed by atoms with Gasteiger partial charge >= 0.3 is 23.9 Å². The van der Waals surface area contributed by atoms with Crippen molar-refractivity contribution in [1.29, 1.82) is 43.3 Å². The van der Waals surface area contributed by atoms with Crippen LogP contribution in [0.5, 0.6) is 0 Å². The maximum atomic E-state index is 16.2. The molecular weight excluding hydrogens is 1680 g/mol. The molecule has 0 atom stereocenters. The standard InChI is InChI=1S/C81H93F4N31O12/c82-54-33-46-58(113(42-1-2-42)38-50(60(46)117)70(121)122)37-59(54)101-9-17-105(18-10-101)74(86)97-78(90)109-25-27-110(79(91)98-75(87)106-19-11-102(12-20-106)67-55(83)34-47-61(118)51(71(123)124)39-114(43-3-4-43)64(47)94-67)29-31-112(81(93)100-77(89)108-23-15-104(16-24-108)69-57(85)36-49-63(120)53(73(127)128)41-116(45-7-8-45)66(49)96-69)32-30-111(28-26-109)80(92)99-76(88)107-21-13-103(14-22-107)68-56(84)35-48-62(119)52(72(125)126)40-115(44-5-6-44)65(48)95-68/h33-45H,1-32H2,(H,121,122)(H,123,124)(H,125,126)(H,127,128)(H3,86,90,97)(H3,87,91,98)(H3,88,92,99)(H3,89,93,100). The minimum Gasteiger partial charge on any atom is -0.477 e. The van der Waals surface area contributed by atoms with Crippen LogP contribution in [0.2, 0.25) is 0 Å². The number of fused-ring (bicyclic) bond motifs is 4. The van der Waals surface area contributed by atoms with E-state index in [1.54, 1.807) is 83.1 Å². The lowest BCUT2D eigenvalue weighted by Crippen LogP contribution is -2.60. The Morgan fingerprint density at radius 1 is 0.289 bits per heavy atom. The molecule has 0 amide bonds. The van der Waals surface area contributed by atoms with Crippen LogP contribution in [0.25, 0.3) is 44.0 Å². The highest BCUT2D eigenvalue weighted by atomic mass is 19.1. The van der Waals surface area contributed by atoms with Gasteiger partial charge in [-0.15, -0.1) is 0 Å². The molecule has 4 saturated carbocycles.